The Bertz CT molecular complexity index is 1400. The van der Waals surface area contributed by atoms with Gasteiger partial charge in [0, 0.05) is 42.3 Å². The molecular weight excluding hydrogens is 500 g/mol. The van der Waals surface area contributed by atoms with E-state index >= 15 is 0 Å². The Morgan fingerprint density at radius 1 is 0.974 bits per heavy atom. The molecule has 7 nitrogen and oxygen atoms in total. The van der Waals surface area contributed by atoms with Crippen molar-refractivity contribution in [3.8, 4) is 28.4 Å². The van der Waals surface area contributed by atoms with Gasteiger partial charge in [-0.05, 0) is 54.8 Å². The Morgan fingerprint density at radius 2 is 1.76 bits per heavy atom. The van der Waals surface area contributed by atoms with Crippen LogP contribution in [0.2, 0.25) is 5.02 Å². The Labute approximate surface area is 227 Å². The van der Waals surface area contributed by atoms with Crippen LogP contribution in [-0.2, 0) is 6.54 Å². The first kappa shape index (κ1) is 25.8. The topological polar surface area (TPSA) is 68.6 Å². The van der Waals surface area contributed by atoms with E-state index in [2.05, 4.69) is 34.5 Å². The van der Waals surface area contributed by atoms with Gasteiger partial charge < -0.3 is 14.8 Å². The molecule has 3 aromatic carbocycles. The summed E-state index contributed by atoms with van der Waals surface area (Å²) in [6.45, 7) is 2.79. The van der Waals surface area contributed by atoms with Crippen LogP contribution in [0, 0.1) is 0 Å². The van der Waals surface area contributed by atoms with Crippen molar-refractivity contribution < 1.29 is 14.3 Å². The molecule has 1 aliphatic rings. The predicted octanol–water partition coefficient (Wildman–Crippen LogP) is 5.60. The van der Waals surface area contributed by atoms with Gasteiger partial charge in [-0.25, -0.2) is 4.68 Å². The average molecular weight is 531 g/mol. The quantitative estimate of drug-likeness (QED) is 0.321. The van der Waals surface area contributed by atoms with Gasteiger partial charge in [0.15, 0.2) is 0 Å². The second-order valence-corrected chi connectivity index (χ2v) is 9.82. The second-order valence-electron chi connectivity index (χ2n) is 9.38. The minimum Gasteiger partial charge on any atom is -0.497 e. The summed E-state index contributed by atoms with van der Waals surface area (Å²) in [5.74, 6) is 1.12. The van der Waals surface area contributed by atoms with E-state index in [1.54, 1.807) is 43.2 Å². The fraction of sp³-hybridized carbons (Fsp3) is 0.267. The van der Waals surface area contributed by atoms with Crippen molar-refractivity contribution in [3.63, 3.8) is 0 Å². The molecule has 1 N–H and O–H groups in total. The van der Waals surface area contributed by atoms with Crippen LogP contribution < -0.4 is 14.8 Å². The summed E-state index contributed by atoms with van der Waals surface area (Å²) in [6, 6.07) is 25.2. The summed E-state index contributed by atoms with van der Waals surface area (Å²) in [5, 5.41) is 8.61. The lowest BCUT2D eigenvalue weighted by Gasteiger charge is -2.32. The number of halogens is 1. The van der Waals surface area contributed by atoms with E-state index in [-0.39, 0.29) is 11.9 Å². The van der Waals surface area contributed by atoms with Gasteiger partial charge in [0.1, 0.15) is 17.2 Å². The standard InChI is InChI=1S/C30H31ClN4O3/c1-37-25-11-12-26(29(18-25)38-2)27-19-28(35(33-27)24-10-6-9-22(31)17-24)30(36)32-23-13-15-34(16-14-23)20-21-7-4-3-5-8-21/h3-12,17-19,23H,13-16,20H2,1-2H3,(H,32,36). The largest absolute Gasteiger partial charge is 0.497 e. The van der Waals surface area contributed by atoms with Crippen molar-refractivity contribution in [3.05, 3.63) is 95.1 Å². The highest BCUT2D eigenvalue weighted by Crippen LogP contribution is 2.34. The number of nitrogens with zero attached hydrogens (tertiary/aromatic N) is 3. The SMILES string of the molecule is COc1ccc(-c2cc(C(=O)NC3CCN(Cc4ccccc4)CC3)n(-c3cccc(Cl)c3)n2)c(OC)c1. The number of aromatic nitrogens is 2. The zero-order valence-electron chi connectivity index (χ0n) is 21.6. The summed E-state index contributed by atoms with van der Waals surface area (Å²) in [6.07, 6.45) is 1.78. The molecular formula is C30H31ClN4O3. The van der Waals surface area contributed by atoms with Crippen LogP contribution in [0.3, 0.4) is 0 Å². The van der Waals surface area contributed by atoms with Gasteiger partial charge in [-0.15, -0.1) is 0 Å². The number of amides is 1. The Kier molecular flexibility index (Phi) is 7.96. The zero-order chi connectivity index (χ0) is 26.5. The molecule has 0 spiro atoms. The zero-order valence-corrected chi connectivity index (χ0v) is 22.3. The fourth-order valence-corrected chi connectivity index (χ4v) is 5.01. The maximum absolute atomic E-state index is 13.6. The van der Waals surface area contributed by atoms with Crippen LogP contribution in [0.5, 0.6) is 11.5 Å². The van der Waals surface area contributed by atoms with Crippen molar-refractivity contribution in [2.45, 2.75) is 25.4 Å². The highest BCUT2D eigenvalue weighted by Gasteiger charge is 2.25. The maximum Gasteiger partial charge on any atom is 0.270 e. The number of nitrogens with one attached hydrogen (secondary N) is 1. The molecule has 0 aliphatic carbocycles. The summed E-state index contributed by atoms with van der Waals surface area (Å²) in [5.41, 5.74) is 3.83. The molecule has 0 bridgehead atoms. The molecule has 4 aromatic rings. The first-order chi connectivity index (χ1) is 18.5. The first-order valence-corrected chi connectivity index (χ1v) is 13.1. The average Bonchev–Trinajstić information content (AvgIpc) is 3.40. The lowest BCUT2D eigenvalue weighted by Crippen LogP contribution is -2.44. The van der Waals surface area contributed by atoms with E-state index < -0.39 is 0 Å². The molecule has 0 saturated carbocycles. The smallest absolute Gasteiger partial charge is 0.270 e. The van der Waals surface area contributed by atoms with Gasteiger partial charge in [-0.2, -0.15) is 5.10 Å². The summed E-state index contributed by atoms with van der Waals surface area (Å²) < 4.78 is 12.6. The Balaban J connectivity index is 1.37. The van der Waals surface area contributed by atoms with Crippen molar-refractivity contribution in [1.29, 1.82) is 0 Å². The number of ether oxygens (including phenoxy) is 2. The third-order valence-electron chi connectivity index (χ3n) is 6.85. The molecule has 8 heteroatoms. The fourth-order valence-electron chi connectivity index (χ4n) is 4.83. The number of carbonyl (C=O) groups is 1. The minimum atomic E-state index is -0.169. The van der Waals surface area contributed by atoms with Crippen molar-refractivity contribution in [2.75, 3.05) is 27.3 Å². The van der Waals surface area contributed by atoms with Crippen LogP contribution in [-0.4, -0.2) is 53.9 Å². The molecule has 0 atom stereocenters. The van der Waals surface area contributed by atoms with Crippen LogP contribution >= 0.6 is 11.6 Å². The third kappa shape index (κ3) is 5.85. The Morgan fingerprint density at radius 3 is 2.47 bits per heavy atom. The molecule has 1 fully saturated rings. The van der Waals surface area contributed by atoms with Crippen molar-refractivity contribution >= 4 is 17.5 Å². The molecule has 196 valence electrons. The van der Waals surface area contributed by atoms with Crippen LogP contribution in [0.15, 0.2) is 78.9 Å². The summed E-state index contributed by atoms with van der Waals surface area (Å²) in [4.78, 5) is 16.0. The number of methoxy groups -OCH3 is 2. The van der Waals surface area contributed by atoms with E-state index in [0.29, 0.717) is 33.6 Å². The molecule has 0 unspecified atom stereocenters. The monoisotopic (exact) mass is 530 g/mol. The lowest BCUT2D eigenvalue weighted by molar-refractivity contribution is 0.0901. The highest BCUT2D eigenvalue weighted by atomic mass is 35.5. The first-order valence-electron chi connectivity index (χ1n) is 12.7. The van der Waals surface area contributed by atoms with Crippen LogP contribution in [0.1, 0.15) is 28.9 Å². The summed E-state index contributed by atoms with van der Waals surface area (Å²) in [7, 11) is 3.21. The molecule has 5 rings (SSSR count). The number of rotatable bonds is 8. The van der Waals surface area contributed by atoms with Gasteiger partial charge in [0.25, 0.3) is 5.91 Å². The van der Waals surface area contributed by atoms with Gasteiger partial charge in [0.2, 0.25) is 0 Å². The predicted molar refractivity (Wildman–Crippen MR) is 149 cm³/mol. The third-order valence-corrected chi connectivity index (χ3v) is 7.09. The van der Waals surface area contributed by atoms with E-state index in [1.807, 2.05) is 30.3 Å². The molecule has 1 aromatic heterocycles. The van der Waals surface area contributed by atoms with E-state index in [0.717, 1.165) is 38.0 Å². The molecule has 0 radical (unpaired) electrons. The molecule has 1 amide bonds. The molecule has 1 aliphatic heterocycles. The normalized spacial score (nSPS) is 14.3. The second kappa shape index (κ2) is 11.7. The number of carbonyl (C=O) groups excluding carboxylic acids is 1. The Hall–Kier alpha value is -3.81. The van der Waals surface area contributed by atoms with Crippen LogP contribution in [0.25, 0.3) is 16.9 Å². The summed E-state index contributed by atoms with van der Waals surface area (Å²) >= 11 is 6.28. The number of likely N-dealkylation sites (tertiary alicyclic amines) is 1. The van der Waals surface area contributed by atoms with Gasteiger partial charge in [0.05, 0.1) is 25.6 Å². The maximum atomic E-state index is 13.6. The molecule has 38 heavy (non-hydrogen) atoms. The van der Waals surface area contributed by atoms with Crippen molar-refractivity contribution in [2.24, 2.45) is 0 Å². The van der Waals surface area contributed by atoms with E-state index in [9.17, 15) is 4.79 Å². The highest BCUT2D eigenvalue weighted by molar-refractivity contribution is 6.30. The minimum absolute atomic E-state index is 0.0937. The van der Waals surface area contributed by atoms with E-state index in [4.69, 9.17) is 26.2 Å². The van der Waals surface area contributed by atoms with Gasteiger partial charge >= 0.3 is 0 Å². The molecule has 1 saturated heterocycles. The van der Waals surface area contributed by atoms with Gasteiger partial charge in [-0.1, -0.05) is 48.0 Å². The molecule has 2 heterocycles. The number of hydrogen-bond acceptors (Lipinski definition) is 5. The van der Waals surface area contributed by atoms with Crippen molar-refractivity contribution in [1.82, 2.24) is 20.0 Å². The number of benzene rings is 3. The number of hydrogen-bond donors (Lipinski definition) is 1. The number of piperidine rings is 1. The lowest BCUT2D eigenvalue weighted by atomic mass is 10.0. The van der Waals surface area contributed by atoms with Crippen LogP contribution in [0.4, 0.5) is 0 Å². The van der Waals surface area contributed by atoms with Gasteiger partial charge in [-0.3, -0.25) is 9.69 Å². The van der Waals surface area contributed by atoms with E-state index in [1.165, 1.54) is 5.56 Å².